The number of ether oxygens (including phenoxy) is 4. The van der Waals surface area contributed by atoms with Crippen LogP contribution in [0, 0.1) is 17.7 Å². The van der Waals surface area contributed by atoms with E-state index >= 15 is 0 Å². The fourth-order valence-corrected chi connectivity index (χ4v) is 5.53. The summed E-state index contributed by atoms with van der Waals surface area (Å²) in [5, 5.41) is 31.1. The highest BCUT2D eigenvalue weighted by molar-refractivity contribution is 6.27. The van der Waals surface area contributed by atoms with Gasteiger partial charge in [-0.15, -0.1) is 0 Å². The van der Waals surface area contributed by atoms with Gasteiger partial charge in [0, 0.05) is 35.0 Å². The maximum Gasteiger partial charge on any atom is 0.414 e. The van der Waals surface area contributed by atoms with Crippen molar-refractivity contribution < 1.29 is 48.2 Å². The second-order valence-corrected chi connectivity index (χ2v) is 9.86. The Bertz CT molecular complexity index is 1320. The molecule has 1 aliphatic heterocycles. The van der Waals surface area contributed by atoms with E-state index in [2.05, 4.69) is 5.32 Å². The lowest BCUT2D eigenvalue weighted by Crippen LogP contribution is -2.55. The maximum absolute atomic E-state index is 13.9. The first-order chi connectivity index (χ1) is 19.9. The molecular formula is C31H36FNO9. The van der Waals surface area contributed by atoms with Gasteiger partial charge < -0.3 is 39.6 Å². The first kappa shape index (κ1) is 32.2. The van der Waals surface area contributed by atoms with Crippen LogP contribution in [-0.2, 0) is 15.2 Å². The fraction of sp³-hybridized carbons (Fsp3) is 0.355. The van der Waals surface area contributed by atoms with Gasteiger partial charge in [-0.05, 0) is 54.1 Å². The third-order valence-corrected chi connectivity index (χ3v) is 7.78. The molecular weight excluding hydrogens is 549 g/mol. The third kappa shape index (κ3) is 6.42. The molecule has 1 aliphatic rings. The van der Waals surface area contributed by atoms with Crippen molar-refractivity contribution >= 4 is 11.9 Å². The van der Waals surface area contributed by atoms with E-state index in [0.29, 0.717) is 28.6 Å². The molecule has 4 N–H and O–H groups in total. The van der Waals surface area contributed by atoms with Gasteiger partial charge in [0.15, 0.2) is 0 Å². The number of aliphatic hydroxyl groups is 1. The molecule has 0 radical (unpaired) electrons. The quantitative estimate of drug-likeness (QED) is 0.291. The van der Waals surface area contributed by atoms with E-state index in [-0.39, 0.29) is 29.7 Å². The fourth-order valence-electron chi connectivity index (χ4n) is 5.53. The van der Waals surface area contributed by atoms with Crippen LogP contribution in [0.15, 0.2) is 60.7 Å². The lowest BCUT2D eigenvalue weighted by atomic mass is 9.63. The van der Waals surface area contributed by atoms with Gasteiger partial charge in [0.25, 0.3) is 0 Å². The zero-order valence-electron chi connectivity index (χ0n) is 24.3. The van der Waals surface area contributed by atoms with E-state index in [4.69, 9.17) is 38.7 Å². The van der Waals surface area contributed by atoms with E-state index in [1.807, 2.05) is 50.2 Å². The number of hydrogen-bond acceptors (Lipinski definition) is 8. The van der Waals surface area contributed by atoms with Crippen LogP contribution in [-0.4, -0.2) is 55.7 Å². The van der Waals surface area contributed by atoms with Crippen molar-refractivity contribution in [3.8, 4) is 23.0 Å². The number of carboxylic acid groups (broad SMARTS) is 2. The summed E-state index contributed by atoms with van der Waals surface area (Å²) in [7, 11) is 6.47. The summed E-state index contributed by atoms with van der Waals surface area (Å²) >= 11 is 0. The largest absolute Gasteiger partial charge is 0.497 e. The summed E-state index contributed by atoms with van der Waals surface area (Å²) in [6.07, 6.45) is 0. The summed E-state index contributed by atoms with van der Waals surface area (Å²) in [5.74, 6) is -1.95. The molecule has 42 heavy (non-hydrogen) atoms. The van der Waals surface area contributed by atoms with Crippen LogP contribution >= 0.6 is 0 Å². The number of nitrogens with one attached hydrogen (secondary N) is 1. The average Bonchev–Trinajstić information content (AvgIpc) is 3.00. The lowest BCUT2D eigenvalue weighted by Gasteiger charge is -2.52. The van der Waals surface area contributed by atoms with Crippen molar-refractivity contribution in [3.63, 3.8) is 0 Å². The summed E-state index contributed by atoms with van der Waals surface area (Å²) in [4.78, 5) is 18.2. The van der Waals surface area contributed by atoms with Crippen LogP contribution in [0.5, 0.6) is 23.0 Å². The highest BCUT2D eigenvalue weighted by atomic mass is 19.1. The molecule has 1 heterocycles. The van der Waals surface area contributed by atoms with Gasteiger partial charge in [0.2, 0.25) is 0 Å². The topological polar surface area (TPSA) is 144 Å². The predicted octanol–water partition coefficient (Wildman–Crippen LogP) is 4.56. The molecule has 226 valence electrons. The minimum atomic E-state index is -1.82. The number of benzene rings is 3. The number of rotatable bonds is 7. The first-order valence-corrected chi connectivity index (χ1v) is 13.1. The molecule has 3 aromatic carbocycles. The van der Waals surface area contributed by atoms with Crippen molar-refractivity contribution in [3.05, 3.63) is 83.2 Å². The van der Waals surface area contributed by atoms with Gasteiger partial charge in [0.1, 0.15) is 28.8 Å². The molecule has 4 unspecified atom stereocenters. The van der Waals surface area contributed by atoms with Gasteiger partial charge >= 0.3 is 11.9 Å². The Labute approximate surface area is 243 Å². The number of hydrogen-bond donors (Lipinski definition) is 4. The normalized spacial score (nSPS) is 23.1. The van der Waals surface area contributed by atoms with Crippen LogP contribution in [0.3, 0.4) is 0 Å². The van der Waals surface area contributed by atoms with Gasteiger partial charge in [-0.2, -0.15) is 0 Å². The molecule has 0 aromatic heterocycles. The van der Waals surface area contributed by atoms with E-state index in [1.54, 1.807) is 40.6 Å². The van der Waals surface area contributed by atoms with E-state index < -0.39 is 17.5 Å². The molecule has 0 bridgehead atoms. The number of halogens is 1. The lowest BCUT2D eigenvalue weighted by molar-refractivity contribution is -0.159. The van der Waals surface area contributed by atoms with Crippen molar-refractivity contribution in [2.45, 2.75) is 31.5 Å². The minimum absolute atomic E-state index is 0.327. The van der Waals surface area contributed by atoms with Gasteiger partial charge in [0.05, 0.1) is 34.0 Å². The second-order valence-electron chi connectivity index (χ2n) is 9.86. The van der Waals surface area contributed by atoms with E-state index in [1.165, 1.54) is 12.1 Å². The molecule has 0 spiro atoms. The zero-order valence-corrected chi connectivity index (χ0v) is 24.3. The second kappa shape index (κ2) is 13.5. The summed E-state index contributed by atoms with van der Waals surface area (Å²) in [5.41, 5.74) is 1.02. The molecule has 3 aromatic rings. The molecule has 0 amide bonds. The third-order valence-electron chi connectivity index (χ3n) is 7.78. The van der Waals surface area contributed by atoms with Crippen LogP contribution in [0.4, 0.5) is 4.39 Å². The Morgan fingerprint density at radius 1 is 0.714 bits per heavy atom. The van der Waals surface area contributed by atoms with Crippen LogP contribution in [0.2, 0.25) is 0 Å². The number of piperidine rings is 1. The van der Waals surface area contributed by atoms with Crippen molar-refractivity contribution in [2.75, 3.05) is 28.4 Å². The maximum atomic E-state index is 13.9. The van der Waals surface area contributed by atoms with E-state index in [9.17, 15) is 9.50 Å². The van der Waals surface area contributed by atoms with Crippen molar-refractivity contribution in [1.82, 2.24) is 5.32 Å². The van der Waals surface area contributed by atoms with Crippen molar-refractivity contribution in [2.24, 2.45) is 11.8 Å². The summed E-state index contributed by atoms with van der Waals surface area (Å²) in [6.45, 7) is 3.99. The minimum Gasteiger partial charge on any atom is -0.497 e. The van der Waals surface area contributed by atoms with Gasteiger partial charge in [-0.3, -0.25) is 0 Å². The SMILES string of the molecule is COc1ccc(OC)c(C2NC(c3cc(OC)ccc3OC)C(C)C(O)(c3ccc(F)cc3)C2C)c1.O=C(O)C(=O)O. The molecule has 0 saturated carbocycles. The van der Waals surface area contributed by atoms with Crippen LogP contribution in [0.1, 0.15) is 42.6 Å². The Morgan fingerprint density at radius 3 is 1.45 bits per heavy atom. The number of methoxy groups -OCH3 is 4. The molecule has 1 saturated heterocycles. The Balaban J connectivity index is 0.000000730. The van der Waals surface area contributed by atoms with Crippen LogP contribution < -0.4 is 24.3 Å². The molecule has 10 nitrogen and oxygen atoms in total. The molecule has 4 atom stereocenters. The molecule has 0 aliphatic carbocycles. The number of aliphatic carboxylic acids is 2. The van der Waals surface area contributed by atoms with Crippen molar-refractivity contribution in [1.29, 1.82) is 0 Å². The Kier molecular flexibility index (Phi) is 10.4. The Morgan fingerprint density at radius 2 is 1.12 bits per heavy atom. The monoisotopic (exact) mass is 585 g/mol. The standard InChI is InChI=1S/C29H34FNO5.C2H2O4/c1-17-27(23-15-21(33-3)11-13-25(23)35-5)31-28(24-16-22(34-4)12-14-26(24)36-6)18(2)29(17,32)19-7-9-20(30)10-8-19;3-1(4)2(5)6/h7-18,27-28,31-32H,1-6H3;(H,3,4)(H,5,6). The zero-order chi connectivity index (χ0) is 31.2. The predicted molar refractivity (Wildman–Crippen MR) is 152 cm³/mol. The summed E-state index contributed by atoms with van der Waals surface area (Å²) < 4.78 is 36.3. The summed E-state index contributed by atoms with van der Waals surface area (Å²) in [6, 6.07) is 16.7. The smallest absolute Gasteiger partial charge is 0.414 e. The number of carboxylic acids is 2. The van der Waals surface area contributed by atoms with Gasteiger partial charge in [-0.25, -0.2) is 14.0 Å². The number of carbonyl (C=O) groups is 2. The molecule has 1 fully saturated rings. The molecule has 11 heteroatoms. The Hall–Kier alpha value is -4.35. The van der Waals surface area contributed by atoms with Crippen LogP contribution in [0.25, 0.3) is 0 Å². The first-order valence-electron chi connectivity index (χ1n) is 13.1. The highest BCUT2D eigenvalue weighted by Gasteiger charge is 2.53. The average molecular weight is 586 g/mol. The highest BCUT2D eigenvalue weighted by Crippen LogP contribution is 2.54. The van der Waals surface area contributed by atoms with E-state index in [0.717, 1.165) is 11.1 Å². The van der Waals surface area contributed by atoms with Gasteiger partial charge in [-0.1, -0.05) is 26.0 Å². The molecule has 4 rings (SSSR count).